The van der Waals surface area contributed by atoms with Gasteiger partial charge in [-0.1, -0.05) is 18.7 Å². The molecule has 0 spiro atoms. The molecule has 4 aromatic rings. The van der Waals surface area contributed by atoms with Crippen LogP contribution in [0.2, 0.25) is 0 Å². The Balaban J connectivity index is 1.40. The summed E-state index contributed by atoms with van der Waals surface area (Å²) in [5.41, 5.74) is 7.32. The number of amides is 1. The van der Waals surface area contributed by atoms with Crippen LogP contribution in [-0.2, 0) is 4.79 Å². The molecule has 0 unspecified atom stereocenters. The van der Waals surface area contributed by atoms with Crippen molar-refractivity contribution in [2.75, 3.05) is 43.4 Å². The van der Waals surface area contributed by atoms with Gasteiger partial charge >= 0.3 is 6.01 Å². The topological polar surface area (TPSA) is 135 Å². The molecule has 10 nitrogen and oxygen atoms in total. The fraction of sp³-hybridized carbons (Fsp3) is 0.417. The van der Waals surface area contributed by atoms with Gasteiger partial charge in [-0.25, -0.2) is 8.78 Å². The number of carbonyl (C=O) groups is 1. The first-order valence-electron chi connectivity index (χ1n) is 16.5. The van der Waals surface area contributed by atoms with Crippen LogP contribution >= 0.6 is 11.3 Å². The van der Waals surface area contributed by atoms with Crippen LogP contribution in [0.3, 0.4) is 0 Å². The Kier molecular flexibility index (Phi) is 8.37. The number of nitrogens with two attached hydrogens (primary N) is 1. The number of benzene rings is 2. The quantitative estimate of drug-likeness (QED) is 0.224. The number of rotatable bonds is 8. The van der Waals surface area contributed by atoms with E-state index >= 15 is 0 Å². The fourth-order valence-corrected chi connectivity index (χ4v) is 9.21. The molecule has 1 amide bonds. The Bertz CT molecular complexity index is 2090. The van der Waals surface area contributed by atoms with Gasteiger partial charge in [0.2, 0.25) is 5.91 Å². The number of nitrogen functional groups attached to an aromatic ring is 1. The van der Waals surface area contributed by atoms with Crippen molar-refractivity contribution in [3.05, 3.63) is 53.9 Å². The monoisotopic (exact) mass is 682 g/mol. The normalized spacial score (nSPS) is 23.5. The number of hydrogen-bond donors (Lipinski definition) is 1. The minimum atomic E-state index is -0.928. The van der Waals surface area contributed by atoms with Crippen molar-refractivity contribution in [3.63, 3.8) is 0 Å². The molecule has 3 aliphatic rings. The number of fused-ring (bicyclic) bond motifs is 3. The highest BCUT2D eigenvalue weighted by atomic mass is 32.1. The van der Waals surface area contributed by atoms with Crippen molar-refractivity contribution in [1.29, 1.82) is 10.5 Å². The molecule has 0 aliphatic carbocycles. The van der Waals surface area contributed by atoms with E-state index in [4.69, 9.17) is 20.4 Å². The highest BCUT2D eigenvalue weighted by Crippen LogP contribution is 2.44. The summed E-state index contributed by atoms with van der Waals surface area (Å²) >= 11 is 0.992. The van der Waals surface area contributed by atoms with Crippen LogP contribution < -0.4 is 15.4 Å². The highest BCUT2D eigenvalue weighted by molar-refractivity contribution is 7.23. The van der Waals surface area contributed by atoms with Gasteiger partial charge in [0.1, 0.15) is 41.6 Å². The Morgan fingerprint density at radius 1 is 1.22 bits per heavy atom. The van der Waals surface area contributed by atoms with Gasteiger partial charge < -0.3 is 20.3 Å². The maximum atomic E-state index is 15.0. The fourth-order valence-electron chi connectivity index (χ4n) is 8.26. The van der Waals surface area contributed by atoms with Gasteiger partial charge in [0, 0.05) is 48.4 Å². The number of likely N-dealkylation sites (N-methyl/N-ethyl adjacent to an activating group) is 1. The average Bonchev–Trinajstić information content (AvgIpc) is 3.84. The number of ether oxygens (including phenoxy) is 1. The second kappa shape index (κ2) is 12.6. The summed E-state index contributed by atoms with van der Waals surface area (Å²) < 4.78 is 36.2. The van der Waals surface area contributed by atoms with E-state index in [1.54, 1.807) is 17.0 Å². The van der Waals surface area contributed by atoms with E-state index < -0.39 is 17.5 Å². The minimum Gasteiger partial charge on any atom is -0.461 e. The van der Waals surface area contributed by atoms with Crippen molar-refractivity contribution < 1.29 is 18.3 Å². The lowest BCUT2D eigenvalue weighted by Gasteiger charge is -2.34. The zero-order valence-corrected chi connectivity index (χ0v) is 28.2. The molecular formula is C36H36F2N8O2S. The number of alkyl halides is 1. The molecule has 13 heteroatoms. The van der Waals surface area contributed by atoms with Gasteiger partial charge in [-0.2, -0.15) is 20.5 Å². The van der Waals surface area contributed by atoms with Gasteiger partial charge in [0.05, 0.1) is 32.9 Å². The van der Waals surface area contributed by atoms with Crippen LogP contribution in [0.1, 0.15) is 50.7 Å². The van der Waals surface area contributed by atoms with Crippen molar-refractivity contribution in [1.82, 2.24) is 19.8 Å². The Morgan fingerprint density at radius 2 is 2.00 bits per heavy atom. The smallest absolute Gasteiger partial charge is 0.319 e. The van der Waals surface area contributed by atoms with Crippen LogP contribution in [0.15, 0.2) is 36.9 Å². The summed E-state index contributed by atoms with van der Waals surface area (Å²) in [6.07, 6.45) is 3.22. The van der Waals surface area contributed by atoms with E-state index in [1.165, 1.54) is 12.1 Å². The molecule has 4 atom stereocenters. The second-order valence-corrected chi connectivity index (χ2v) is 14.1. The van der Waals surface area contributed by atoms with Gasteiger partial charge in [0.15, 0.2) is 0 Å². The summed E-state index contributed by atoms with van der Waals surface area (Å²) in [6, 6.07) is 10.7. The average molecular weight is 683 g/mol. The molecule has 7 rings (SSSR count). The summed E-state index contributed by atoms with van der Waals surface area (Å²) in [4.78, 5) is 28.5. The zero-order chi connectivity index (χ0) is 34.6. The summed E-state index contributed by atoms with van der Waals surface area (Å²) in [7, 11) is 0. The lowest BCUT2D eigenvalue weighted by Crippen LogP contribution is -2.45. The number of carbonyl (C=O) groups excluding carboxylic acids is 1. The molecule has 5 heterocycles. The molecule has 2 aromatic heterocycles. The molecule has 3 aliphatic heterocycles. The van der Waals surface area contributed by atoms with Gasteiger partial charge in [0.25, 0.3) is 0 Å². The first kappa shape index (κ1) is 32.7. The third-order valence-electron chi connectivity index (χ3n) is 10.6. The molecule has 49 heavy (non-hydrogen) atoms. The van der Waals surface area contributed by atoms with E-state index in [0.717, 1.165) is 30.7 Å². The molecule has 3 saturated heterocycles. The van der Waals surface area contributed by atoms with Gasteiger partial charge in [-0.15, -0.1) is 11.3 Å². The summed E-state index contributed by atoms with van der Waals surface area (Å²) in [5, 5.41) is 21.8. The van der Waals surface area contributed by atoms with Crippen molar-refractivity contribution in [2.24, 2.45) is 0 Å². The van der Waals surface area contributed by atoms with Gasteiger partial charge in [-0.3, -0.25) is 9.69 Å². The van der Waals surface area contributed by atoms with E-state index in [0.29, 0.717) is 65.7 Å². The molecular weight excluding hydrogens is 647 g/mol. The maximum absolute atomic E-state index is 15.0. The largest absolute Gasteiger partial charge is 0.461 e. The molecule has 3 fully saturated rings. The Labute approximate surface area is 287 Å². The van der Waals surface area contributed by atoms with Crippen LogP contribution in [0.5, 0.6) is 6.01 Å². The number of thiophene rings is 1. The number of halogens is 2. The van der Waals surface area contributed by atoms with Crippen LogP contribution in [0.25, 0.3) is 32.1 Å². The Morgan fingerprint density at radius 3 is 2.73 bits per heavy atom. The third-order valence-corrected chi connectivity index (χ3v) is 11.6. The number of likely N-dealkylation sites (tertiary alicyclic amines) is 1. The van der Waals surface area contributed by atoms with Crippen LogP contribution in [0.4, 0.5) is 19.6 Å². The third kappa shape index (κ3) is 5.23. The van der Waals surface area contributed by atoms with Crippen molar-refractivity contribution in [2.45, 2.75) is 63.3 Å². The van der Waals surface area contributed by atoms with E-state index in [1.807, 2.05) is 19.9 Å². The lowest BCUT2D eigenvalue weighted by atomic mass is 9.93. The lowest BCUT2D eigenvalue weighted by molar-refractivity contribution is -0.126. The summed E-state index contributed by atoms with van der Waals surface area (Å²) in [5.74, 6) is -0.0984. The number of aromatic nitrogens is 2. The Hall–Kier alpha value is -4.85. The first-order valence-corrected chi connectivity index (χ1v) is 17.3. The molecule has 2 aromatic carbocycles. The molecule has 252 valence electrons. The standard InChI is InChI=1S/C36H36F2N8O2S/c1-4-29(47)46-14-11-28(20(46)3)45(5-2)34-24-8-7-22(23-9-10-27(38)32-30(23)26(17-40)33(41)49-32)25(16-39)31(24)42-35(43-34)48-19-36-12-6-13-44(36)18-21(37)15-36/h4,7-10,20-21,28H,1,5-6,11-15,18-19,41H2,2-3H3/t20-,21+,28-,36-/m0/s1. The molecule has 0 bridgehead atoms. The number of hydrogen-bond acceptors (Lipinski definition) is 10. The molecule has 0 radical (unpaired) electrons. The summed E-state index contributed by atoms with van der Waals surface area (Å²) in [6.45, 7) is 10.2. The van der Waals surface area contributed by atoms with E-state index in [9.17, 15) is 24.1 Å². The number of nitriles is 2. The van der Waals surface area contributed by atoms with Crippen LogP contribution in [0, 0.1) is 28.5 Å². The molecule has 2 N–H and O–H groups in total. The van der Waals surface area contributed by atoms with Crippen LogP contribution in [-0.4, -0.2) is 82.3 Å². The number of anilines is 2. The van der Waals surface area contributed by atoms with Crippen molar-refractivity contribution in [3.8, 4) is 29.3 Å². The van der Waals surface area contributed by atoms with Crippen molar-refractivity contribution >= 4 is 49.1 Å². The van der Waals surface area contributed by atoms with Gasteiger partial charge in [-0.05, 0) is 63.4 Å². The molecule has 0 saturated carbocycles. The minimum absolute atomic E-state index is 0.0598. The van der Waals surface area contributed by atoms with E-state index in [2.05, 4.69) is 28.5 Å². The second-order valence-electron chi connectivity index (χ2n) is 13.1. The number of nitrogens with zero attached hydrogens (tertiary/aromatic N) is 7. The predicted molar refractivity (Wildman–Crippen MR) is 186 cm³/mol. The SMILES string of the molecule is C=CC(=O)N1CC[C@H](N(CC)c2nc(OC[C@@]34CCCN3C[C@H](F)C4)nc3c(C#N)c(-c4ccc(F)c5sc(N)c(C#N)c45)ccc23)[C@@H]1C. The van der Waals surface area contributed by atoms with E-state index in [-0.39, 0.29) is 51.4 Å². The highest BCUT2D eigenvalue weighted by Gasteiger charge is 2.49. The maximum Gasteiger partial charge on any atom is 0.319 e. The zero-order valence-electron chi connectivity index (χ0n) is 27.4. The predicted octanol–water partition coefficient (Wildman–Crippen LogP) is 5.93. The first-order chi connectivity index (χ1) is 23.6.